The molecule has 5 nitrogen and oxygen atoms in total. The summed E-state index contributed by atoms with van der Waals surface area (Å²) in [5.74, 6) is 0.924. The van der Waals surface area contributed by atoms with E-state index < -0.39 is 9.84 Å². The molecular formula is C13H23N3O2S. The summed E-state index contributed by atoms with van der Waals surface area (Å²) in [5, 5.41) is 3.22. The Hall–Kier alpha value is -1.04. The Morgan fingerprint density at radius 3 is 2.74 bits per heavy atom. The number of hydrogen-bond acceptors (Lipinski definition) is 4. The van der Waals surface area contributed by atoms with E-state index in [1.54, 1.807) is 6.20 Å². The Labute approximate surface area is 115 Å². The third-order valence-corrected chi connectivity index (χ3v) is 4.67. The van der Waals surface area contributed by atoms with E-state index >= 15 is 0 Å². The maximum Gasteiger partial charge on any atom is 0.203 e. The van der Waals surface area contributed by atoms with E-state index in [1.807, 2.05) is 13.1 Å². The van der Waals surface area contributed by atoms with Gasteiger partial charge in [-0.2, -0.15) is 0 Å². The molecule has 0 aromatic carbocycles. The lowest BCUT2D eigenvalue weighted by Crippen LogP contribution is -2.27. The highest BCUT2D eigenvalue weighted by molar-refractivity contribution is 7.90. The van der Waals surface area contributed by atoms with Gasteiger partial charge < -0.3 is 9.88 Å². The van der Waals surface area contributed by atoms with E-state index in [1.165, 1.54) is 38.4 Å². The fraction of sp³-hybridized carbons (Fsp3) is 0.769. The Kier molecular flexibility index (Phi) is 4.50. The lowest BCUT2D eigenvalue weighted by molar-refractivity contribution is 0.355. The van der Waals surface area contributed by atoms with Crippen LogP contribution in [0, 0.1) is 0 Å². The van der Waals surface area contributed by atoms with Crippen LogP contribution < -0.4 is 5.32 Å². The molecule has 1 aliphatic carbocycles. The predicted octanol–water partition coefficient (Wildman–Crippen LogP) is 2.23. The minimum absolute atomic E-state index is 0.125. The largest absolute Gasteiger partial charge is 0.352 e. The molecule has 6 heteroatoms. The fourth-order valence-electron chi connectivity index (χ4n) is 2.79. The van der Waals surface area contributed by atoms with Gasteiger partial charge in [0.2, 0.25) is 5.95 Å². The van der Waals surface area contributed by atoms with Crippen LogP contribution in [0.25, 0.3) is 0 Å². The van der Waals surface area contributed by atoms with Crippen molar-refractivity contribution in [2.45, 2.75) is 51.1 Å². The number of anilines is 1. The summed E-state index contributed by atoms with van der Waals surface area (Å²) in [4.78, 5) is 4.32. The summed E-state index contributed by atoms with van der Waals surface area (Å²) in [6, 6.07) is 0.379. The zero-order chi connectivity index (χ0) is 13.9. The Balaban J connectivity index is 2.02. The van der Waals surface area contributed by atoms with E-state index in [0.717, 1.165) is 5.95 Å². The van der Waals surface area contributed by atoms with Crippen molar-refractivity contribution in [1.82, 2.24) is 9.55 Å². The first-order chi connectivity index (χ1) is 8.96. The summed E-state index contributed by atoms with van der Waals surface area (Å²) in [6.07, 6.45) is 11.3. The van der Waals surface area contributed by atoms with Gasteiger partial charge in [-0.05, 0) is 19.8 Å². The number of hydrogen-bond donors (Lipinski definition) is 1. The van der Waals surface area contributed by atoms with Crippen molar-refractivity contribution >= 4 is 15.8 Å². The Morgan fingerprint density at radius 2 is 2.11 bits per heavy atom. The van der Waals surface area contributed by atoms with Crippen LogP contribution in [0.5, 0.6) is 0 Å². The van der Waals surface area contributed by atoms with Gasteiger partial charge >= 0.3 is 0 Å². The minimum atomic E-state index is -2.96. The predicted molar refractivity (Wildman–Crippen MR) is 77.1 cm³/mol. The molecule has 1 unspecified atom stereocenters. The monoisotopic (exact) mass is 285 g/mol. The van der Waals surface area contributed by atoms with Crippen LogP contribution >= 0.6 is 0 Å². The van der Waals surface area contributed by atoms with Gasteiger partial charge in [-0.25, -0.2) is 13.4 Å². The van der Waals surface area contributed by atoms with Gasteiger partial charge in [-0.15, -0.1) is 0 Å². The minimum Gasteiger partial charge on any atom is -0.352 e. The average Bonchev–Trinajstić information content (AvgIpc) is 2.75. The summed E-state index contributed by atoms with van der Waals surface area (Å²) < 4.78 is 24.7. The van der Waals surface area contributed by atoms with Crippen LogP contribution in [-0.2, 0) is 9.84 Å². The Bertz CT molecular complexity index is 504. The van der Waals surface area contributed by atoms with Gasteiger partial charge in [0, 0.05) is 30.7 Å². The molecule has 0 radical (unpaired) electrons. The quantitative estimate of drug-likeness (QED) is 0.901. The molecule has 1 atom stereocenters. The fourth-order valence-corrected chi connectivity index (χ4v) is 3.79. The second kappa shape index (κ2) is 5.94. The molecule has 0 spiro atoms. The van der Waals surface area contributed by atoms with Crippen LogP contribution in [0.2, 0.25) is 0 Å². The number of nitrogens with zero attached hydrogens (tertiary/aromatic N) is 2. The first-order valence-electron chi connectivity index (χ1n) is 6.93. The molecule has 1 heterocycles. The summed E-state index contributed by atoms with van der Waals surface area (Å²) >= 11 is 0. The highest BCUT2D eigenvalue weighted by Gasteiger charge is 2.19. The molecule has 0 saturated heterocycles. The first kappa shape index (κ1) is 14.4. The Morgan fingerprint density at radius 1 is 1.42 bits per heavy atom. The maximum atomic E-state index is 11.3. The zero-order valence-corrected chi connectivity index (χ0v) is 12.5. The number of imidazole rings is 1. The smallest absolute Gasteiger partial charge is 0.203 e. The van der Waals surface area contributed by atoms with Gasteiger partial charge in [0.15, 0.2) is 0 Å². The van der Waals surface area contributed by atoms with Crippen LogP contribution in [0.4, 0.5) is 5.95 Å². The molecule has 1 fully saturated rings. The lowest BCUT2D eigenvalue weighted by Gasteiger charge is -2.25. The highest BCUT2D eigenvalue weighted by atomic mass is 32.2. The van der Waals surface area contributed by atoms with Crippen molar-refractivity contribution in [3.05, 3.63) is 12.4 Å². The van der Waals surface area contributed by atoms with Crippen molar-refractivity contribution in [2.24, 2.45) is 0 Å². The van der Waals surface area contributed by atoms with Crippen molar-refractivity contribution in [2.75, 3.05) is 17.3 Å². The highest BCUT2D eigenvalue weighted by Crippen LogP contribution is 2.30. The van der Waals surface area contributed by atoms with Gasteiger partial charge in [-0.3, -0.25) is 0 Å². The van der Waals surface area contributed by atoms with E-state index in [2.05, 4.69) is 14.9 Å². The van der Waals surface area contributed by atoms with Gasteiger partial charge in [0.1, 0.15) is 9.84 Å². The maximum absolute atomic E-state index is 11.3. The third-order valence-electron chi connectivity index (χ3n) is 3.56. The molecule has 1 aromatic heterocycles. The van der Waals surface area contributed by atoms with Gasteiger partial charge in [0.25, 0.3) is 0 Å². The van der Waals surface area contributed by atoms with Gasteiger partial charge in [-0.1, -0.05) is 19.3 Å². The number of sulfone groups is 1. The van der Waals surface area contributed by atoms with Crippen molar-refractivity contribution in [1.29, 1.82) is 0 Å². The second-order valence-corrected chi connectivity index (χ2v) is 7.77. The van der Waals surface area contributed by atoms with E-state index in [4.69, 9.17) is 0 Å². The van der Waals surface area contributed by atoms with E-state index in [-0.39, 0.29) is 11.8 Å². The average molecular weight is 285 g/mol. The molecule has 1 N–H and O–H groups in total. The zero-order valence-electron chi connectivity index (χ0n) is 11.7. The van der Waals surface area contributed by atoms with Crippen LogP contribution in [-0.4, -0.2) is 36.0 Å². The molecule has 1 aromatic rings. The summed E-state index contributed by atoms with van der Waals surface area (Å²) in [6.45, 7) is 1.88. The van der Waals surface area contributed by atoms with Gasteiger partial charge in [0.05, 0.1) is 5.75 Å². The molecule has 0 amide bonds. The first-order valence-corrected chi connectivity index (χ1v) is 8.99. The molecule has 0 bridgehead atoms. The summed E-state index contributed by atoms with van der Waals surface area (Å²) in [5.41, 5.74) is 0. The number of rotatable bonds is 5. The number of nitrogens with one attached hydrogen (secondary N) is 1. The molecule has 108 valence electrons. The van der Waals surface area contributed by atoms with E-state index in [0.29, 0.717) is 6.04 Å². The molecule has 0 aliphatic heterocycles. The molecule has 1 aliphatic rings. The summed E-state index contributed by atoms with van der Waals surface area (Å²) in [7, 11) is -2.96. The molecule has 19 heavy (non-hydrogen) atoms. The SMILES string of the molecule is CC(CS(C)(=O)=O)Nc1nccn1C1CCCCC1. The van der Waals surface area contributed by atoms with Crippen molar-refractivity contribution in [3.63, 3.8) is 0 Å². The van der Waals surface area contributed by atoms with Crippen molar-refractivity contribution in [3.8, 4) is 0 Å². The molecular weight excluding hydrogens is 262 g/mol. The molecule has 2 rings (SSSR count). The van der Waals surface area contributed by atoms with Crippen molar-refractivity contribution < 1.29 is 8.42 Å². The van der Waals surface area contributed by atoms with Crippen LogP contribution in [0.3, 0.4) is 0 Å². The normalized spacial score (nSPS) is 19.3. The third kappa shape index (κ3) is 4.23. The van der Waals surface area contributed by atoms with E-state index in [9.17, 15) is 8.42 Å². The van der Waals surface area contributed by atoms with Crippen LogP contribution in [0.15, 0.2) is 12.4 Å². The standard InChI is InChI=1S/C13H23N3O2S/c1-11(10-19(2,17)18)15-13-14-8-9-16(13)12-6-4-3-5-7-12/h8-9,11-12H,3-7,10H2,1-2H3,(H,14,15). The topological polar surface area (TPSA) is 64.0 Å². The lowest BCUT2D eigenvalue weighted by atomic mass is 9.95. The number of aromatic nitrogens is 2. The molecule has 1 saturated carbocycles. The van der Waals surface area contributed by atoms with Crippen LogP contribution in [0.1, 0.15) is 45.1 Å². The second-order valence-electron chi connectivity index (χ2n) is 5.59.